The van der Waals surface area contributed by atoms with Gasteiger partial charge in [0.25, 0.3) is 5.91 Å². The van der Waals surface area contributed by atoms with Gasteiger partial charge in [-0.15, -0.1) is 0 Å². The Labute approximate surface area is 168 Å². The lowest BCUT2D eigenvalue weighted by Gasteiger charge is -2.41. The molecule has 156 valence electrons. The van der Waals surface area contributed by atoms with Crippen molar-refractivity contribution in [3.8, 4) is 17.2 Å². The molecule has 0 aromatic heterocycles. The van der Waals surface area contributed by atoms with Crippen LogP contribution in [0.5, 0.6) is 17.2 Å². The average molecular weight is 405 g/mol. The van der Waals surface area contributed by atoms with E-state index in [1.807, 2.05) is 0 Å². The summed E-state index contributed by atoms with van der Waals surface area (Å²) in [6.45, 7) is 0.167. The van der Waals surface area contributed by atoms with Gasteiger partial charge in [-0.3, -0.25) is 4.79 Å². The minimum absolute atomic E-state index is 0.00881. The Kier molecular flexibility index (Phi) is 6.56. The molecule has 29 heavy (non-hydrogen) atoms. The molecule has 2 aromatic rings. The number of halogens is 1. The molecule has 2 atom stereocenters. The second-order valence-corrected chi connectivity index (χ2v) is 6.47. The number of ether oxygens (including phenoxy) is 4. The number of nitrogens with zero attached hydrogens (tertiary/aromatic N) is 1. The van der Waals surface area contributed by atoms with Crippen LogP contribution in [0.25, 0.3) is 0 Å². The predicted octanol–water partition coefficient (Wildman–Crippen LogP) is 2.43. The summed E-state index contributed by atoms with van der Waals surface area (Å²) in [5.41, 5.74) is 0.575. The maximum absolute atomic E-state index is 14.7. The SMILES string of the molecule is COc1ccc(C2C(CO)OCCN2C(=O)c2cccc(OC)c2F)cc1OC. The maximum Gasteiger partial charge on any atom is 0.257 e. The number of aliphatic hydroxyl groups is 1. The van der Waals surface area contributed by atoms with E-state index in [2.05, 4.69) is 0 Å². The Morgan fingerprint density at radius 3 is 2.52 bits per heavy atom. The van der Waals surface area contributed by atoms with Gasteiger partial charge in [-0.05, 0) is 29.8 Å². The number of aliphatic hydroxyl groups excluding tert-OH is 1. The lowest BCUT2D eigenvalue weighted by molar-refractivity contribution is -0.0812. The van der Waals surface area contributed by atoms with Gasteiger partial charge in [-0.2, -0.15) is 0 Å². The molecule has 2 aromatic carbocycles. The molecule has 0 radical (unpaired) electrons. The molecule has 1 N–H and O–H groups in total. The van der Waals surface area contributed by atoms with E-state index < -0.39 is 23.9 Å². The van der Waals surface area contributed by atoms with Crippen molar-refractivity contribution >= 4 is 5.91 Å². The Balaban J connectivity index is 2.04. The summed E-state index contributed by atoms with van der Waals surface area (Å²) >= 11 is 0. The molecular weight excluding hydrogens is 381 g/mol. The van der Waals surface area contributed by atoms with Crippen molar-refractivity contribution < 1.29 is 33.2 Å². The van der Waals surface area contributed by atoms with Crippen LogP contribution in [0.2, 0.25) is 0 Å². The van der Waals surface area contributed by atoms with Crippen molar-refractivity contribution in [1.82, 2.24) is 4.90 Å². The number of methoxy groups -OCH3 is 3. The lowest BCUT2D eigenvalue weighted by Crippen LogP contribution is -2.49. The van der Waals surface area contributed by atoms with E-state index in [1.54, 1.807) is 24.3 Å². The number of benzene rings is 2. The molecule has 1 aliphatic heterocycles. The molecule has 0 bridgehead atoms. The maximum atomic E-state index is 14.7. The van der Waals surface area contributed by atoms with E-state index in [4.69, 9.17) is 18.9 Å². The summed E-state index contributed by atoms with van der Waals surface area (Å²) in [5, 5.41) is 9.84. The van der Waals surface area contributed by atoms with E-state index in [-0.39, 0.29) is 31.1 Å². The van der Waals surface area contributed by atoms with Crippen LogP contribution in [-0.4, -0.2) is 63.1 Å². The van der Waals surface area contributed by atoms with Crippen LogP contribution in [0.3, 0.4) is 0 Å². The second kappa shape index (κ2) is 9.11. The van der Waals surface area contributed by atoms with Gasteiger partial charge in [-0.1, -0.05) is 12.1 Å². The summed E-state index contributed by atoms with van der Waals surface area (Å²) < 4.78 is 36.0. The molecule has 1 aliphatic rings. The monoisotopic (exact) mass is 405 g/mol. The van der Waals surface area contributed by atoms with E-state index in [0.29, 0.717) is 17.1 Å². The lowest BCUT2D eigenvalue weighted by atomic mass is 9.96. The molecule has 0 aliphatic carbocycles. The number of morpholine rings is 1. The zero-order valence-corrected chi connectivity index (χ0v) is 16.6. The fraction of sp³-hybridized carbons (Fsp3) is 0.381. The van der Waals surface area contributed by atoms with E-state index in [1.165, 1.54) is 38.4 Å². The number of hydrogen-bond acceptors (Lipinski definition) is 6. The first-order valence-corrected chi connectivity index (χ1v) is 9.13. The highest BCUT2D eigenvalue weighted by Crippen LogP contribution is 2.36. The van der Waals surface area contributed by atoms with Gasteiger partial charge in [0.05, 0.1) is 46.1 Å². The molecule has 0 spiro atoms. The van der Waals surface area contributed by atoms with Crippen LogP contribution in [0.1, 0.15) is 22.0 Å². The fourth-order valence-corrected chi connectivity index (χ4v) is 3.53. The third kappa shape index (κ3) is 3.99. The van der Waals surface area contributed by atoms with Crippen LogP contribution in [0.4, 0.5) is 4.39 Å². The highest BCUT2D eigenvalue weighted by molar-refractivity contribution is 5.95. The Hall–Kier alpha value is -2.84. The predicted molar refractivity (Wildman–Crippen MR) is 103 cm³/mol. The van der Waals surface area contributed by atoms with Crippen LogP contribution in [0, 0.1) is 5.82 Å². The van der Waals surface area contributed by atoms with Gasteiger partial charge in [0.15, 0.2) is 23.1 Å². The van der Waals surface area contributed by atoms with Crippen molar-refractivity contribution in [3.05, 3.63) is 53.3 Å². The van der Waals surface area contributed by atoms with E-state index in [9.17, 15) is 14.3 Å². The molecule has 3 rings (SSSR count). The van der Waals surface area contributed by atoms with E-state index in [0.717, 1.165) is 0 Å². The number of hydrogen-bond donors (Lipinski definition) is 1. The normalized spacial score (nSPS) is 19.0. The van der Waals surface area contributed by atoms with Gasteiger partial charge in [-0.25, -0.2) is 4.39 Å². The quantitative estimate of drug-likeness (QED) is 0.796. The Morgan fingerprint density at radius 1 is 1.14 bits per heavy atom. The largest absolute Gasteiger partial charge is 0.494 e. The molecule has 1 heterocycles. The number of amides is 1. The fourth-order valence-electron chi connectivity index (χ4n) is 3.53. The molecule has 1 amide bonds. The van der Waals surface area contributed by atoms with Gasteiger partial charge in [0.2, 0.25) is 0 Å². The zero-order chi connectivity index (χ0) is 21.0. The molecular formula is C21H24FNO6. The van der Waals surface area contributed by atoms with Crippen LogP contribution < -0.4 is 14.2 Å². The molecule has 8 heteroatoms. The smallest absolute Gasteiger partial charge is 0.257 e. The summed E-state index contributed by atoms with van der Waals surface area (Å²) in [7, 11) is 4.38. The molecule has 7 nitrogen and oxygen atoms in total. The molecule has 1 fully saturated rings. The van der Waals surface area contributed by atoms with Gasteiger partial charge in [0, 0.05) is 6.54 Å². The number of rotatable bonds is 6. The van der Waals surface area contributed by atoms with Crippen molar-refractivity contribution in [2.24, 2.45) is 0 Å². The first-order valence-electron chi connectivity index (χ1n) is 9.13. The van der Waals surface area contributed by atoms with Gasteiger partial charge < -0.3 is 29.0 Å². The second-order valence-electron chi connectivity index (χ2n) is 6.47. The summed E-state index contributed by atoms with van der Waals surface area (Å²) in [6.07, 6.45) is -0.667. The Bertz CT molecular complexity index is 874. The molecule has 0 saturated carbocycles. The summed E-state index contributed by atoms with van der Waals surface area (Å²) in [4.78, 5) is 14.8. The van der Waals surface area contributed by atoms with Gasteiger partial charge >= 0.3 is 0 Å². The van der Waals surface area contributed by atoms with Crippen LogP contribution in [0.15, 0.2) is 36.4 Å². The highest BCUT2D eigenvalue weighted by atomic mass is 19.1. The molecule has 2 unspecified atom stereocenters. The first-order chi connectivity index (χ1) is 14.0. The standard InChI is InChI=1S/C21H24FNO6/c1-26-15-8-7-13(11-17(15)28-3)20-18(12-24)29-10-9-23(20)21(25)14-5-4-6-16(27-2)19(14)22/h4-8,11,18,20,24H,9-10,12H2,1-3H3. The minimum Gasteiger partial charge on any atom is -0.494 e. The summed E-state index contributed by atoms with van der Waals surface area (Å²) in [5.74, 6) is -0.232. The van der Waals surface area contributed by atoms with Crippen LogP contribution >= 0.6 is 0 Å². The third-order valence-corrected chi connectivity index (χ3v) is 4.96. The van der Waals surface area contributed by atoms with Crippen molar-refractivity contribution in [2.45, 2.75) is 12.1 Å². The van der Waals surface area contributed by atoms with Crippen molar-refractivity contribution in [3.63, 3.8) is 0 Å². The first kappa shape index (κ1) is 20.9. The minimum atomic E-state index is -0.724. The summed E-state index contributed by atoms with van der Waals surface area (Å²) in [6, 6.07) is 9.00. The van der Waals surface area contributed by atoms with Gasteiger partial charge in [0.1, 0.15) is 6.10 Å². The number of carbonyl (C=O) groups excluding carboxylic acids is 1. The topological polar surface area (TPSA) is 77.5 Å². The zero-order valence-electron chi connectivity index (χ0n) is 16.6. The van der Waals surface area contributed by atoms with Crippen molar-refractivity contribution in [1.29, 1.82) is 0 Å². The number of carbonyl (C=O) groups is 1. The van der Waals surface area contributed by atoms with E-state index >= 15 is 0 Å². The van der Waals surface area contributed by atoms with Crippen LogP contribution in [-0.2, 0) is 4.74 Å². The third-order valence-electron chi connectivity index (χ3n) is 4.96. The highest BCUT2D eigenvalue weighted by Gasteiger charge is 2.38. The Morgan fingerprint density at radius 2 is 1.86 bits per heavy atom. The average Bonchev–Trinajstić information content (AvgIpc) is 2.77. The van der Waals surface area contributed by atoms with Crippen molar-refractivity contribution in [2.75, 3.05) is 41.1 Å². The molecule has 1 saturated heterocycles.